The number of anilines is 3. The zero-order valence-corrected chi connectivity index (χ0v) is 26.1. The summed E-state index contributed by atoms with van der Waals surface area (Å²) in [6.45, 7) is 3.18. The zero-order chi connectivity index (χ0) is 32.7. The molecule has 0 bridgehead atoms. The maximum absolute atomic E-state index is 13.7. The van der Waals surface area contributed by atoms with Crippen LogP contribution in [0, 0.1) is 17.1 Å². The van der Waals surface area contributed by atoms with E-state index in [0.717, 1.165) is 16.5 Å². The lowest BCUT2D eigenvalue weighted by Crippen LogP contribution is -2.22. The molecule has 2 heterocycles. The largest absolute Gasteiger partial charge is 0.492 e. The molecule has 2 aromatic heterocycles. The van der Waals surface area contributed by atoms with Crippen molar-refractivity contribution in [3.63, 3.8) is 0 Å². The Hall–Kier alpha value is -5.32. The predicted molar refractivity (Wildman–Crippen MR) is 176 cm³/mol. The van der Waals surface area contributed by atoms with Crippen LogP contribution in [0.15, 0.2) is 79.1 Å². The van der Waals surface area contributed by atoms with E-state index in [1.54, 1.807) is 35.2 Å². The number of sulfone groups is 1. The van der Waals surface area contributed by atoms with Crippen LogP contribution in [-0.2, 0) is 21.2 Å². The van der Waals surface area contributed by atoms with Crippen LogP contribution in [0.4, 0.5) is 21.5 Å². The highest BCUT2D eigenvalue weighted by molar-refractivity contribution is 7.90. The number of pyridine rings is 1. The number of halogens is 1. The molecule has 3 aromatic carbocycles. The van der Waals surface area contributed by atoms with Crippen LogP contribution >= 0.6 is 0 Å². The molecule has 0 fully saturated rings. The molecular weight excluding hydrogens is 609 g/mol. The van der Waals surface area contributed by atoms with Gasteiger partial charge in [-0.1, -0.05) is 18.2 Å². The number of nitrogens with one attached hydrogen (secondary N) is 3. The number of nitrogens with zero attached hydrogens (tertiary/aromatic N) is 4. The molecule has 0 radical (unpaired) electrons. The number of fused-ring (bicyclic) bond motifs is 2. The molecular formula is C33H32FN7O4S. The third kappa shape index (κ3) is 8.03. The molecule has 13 heteroatoms. The van der Waals surface area contributed by atoms with Crippen molar-refractivity contribution < 1.29 is 22.3 Å². The Morgan fingerprint density at radius 2 is 2.00 bits per heavy atom. The maximum atomic E-state index is 13.7. The summed E-state index contributed by atoms with van der Waals surface area (Å²) >= 11 is 0. The van der Waals surface area contributed by atoms with Crippen molar-refractivity contribution in [2.75, 3.05) is 42.3 Å². The molecule has 0 aliphatic heterocycles. The Kier molecular flexibility index (Phi) is 9.90. The number of aromatic nitrogens is 3. The molecule has 0 aliphatic rings. The number of carbonyl (C=O) groups is 1. The van der Waals surface area contributed by atoms with E-state index in [9.17, 15) is 22.9 Å². The van der Waals surface area contributed by atoms with Gasteiger partial charge in [0.25, 0.3) is 0 Å². The highest BCUT2D eigenvalue weighted by Gasteiger charge is 2.16. The Balaban J connectivity index is 1.40. The normalized spacial score (nSPS) is 11.6. The summed E-state index contributed by atoms with van der Waals surface area (Å²) in [7, 11) is -3.07. The number of rotatable bonds is 13. The molecule has 3 N–H and O–H groups in total. The average Bonchev–Trinajstić information content (AvgIpc) is 3.40. The Morgan fingerprint density at radius 3 is 2.76 bits per heavy atom. The van der Waals surface area contributed by atoms with Crippen LogP contribution in [-0.4, -0.2) is 60.8 Å². The molecule has 46 heavy (non-hydrogen) atoms. The second kappa shape index (κ2) is 14.2. The van der Waals surface area contributed by atoms with Crippen molar-refractivity contribution >= 4 is 54.6 Å². The molecule has 0 aliphatic carbocycles. The standard InChI is InChI=1S/C33H32FN7O4S/c1-3-45-31-17-28-27(16-29(31)40-32(42)8-5-11-36-12-13-46(2,43)44)33(24(18-35)19-37-28)39-26-9-10-30-23(15-26)20-38-41(30)21-22-6-4-7-25(34)14-22/h4-10,14-17,19-20,36H,3,11-13,21H2,1-2H3,(H,37,39)(H,40,42)/b8-5+. The zero-order valence-electron chi connectivity index (χ0n) is 25.2. The van der Waals surface area contributed by atoms with Gasteiger partial charge >= 0.3 is 0 Å². The van der Waals surface area contributed by atoms with Gasteiger partial charge in [0, 0.05) is 54.1 Å². The Labute approximate surface area is 265 Å². The van der Waals surface area contributed by atoms with Crippen molar-refractivity contribution in [3.8, 4) is 11.8 Å². The van der Waals surface area contributed by atoms with Gasteiger partial charge in [0.15, 0.2) is 0 Å². The smallest absolute Gasteiger partial charge is 0.248 e. The molecule has 0 unspecified atom stereocenters. The molecule has 5 rings (SSSR count). The molecule has 5 aromatic rings. The van der Waals surface area contributed by atoms with Gasteiger partial charge in [0.2, 0.25) is 5.91 Å². The minimum atomic E-state index is -3.07. The SMILES string of the molecule is CCOc1cc2ncc(C#N)c(Nc3ccc4c(cnn4Cc4cccc(F)c4)c3)c2cc1NC(=O)/C=C/CNCCS(C)(=O)=O. The first kappa shape index (κ1) is 32.1. The van der Waals surface area contributed by atoms with Crippen LogP contribution in [0.1, 0.15) is 18.1 Å². The number of nitriles is 1. The number of hydrogen-bond acceptors (Lipinski definition) is 9. The number of benzene rings is 3. The van der Waals surface area contributed by atoms with Gasteiger partial charge in [-0.2, -0.15) is 10.4 Å². The van der Waals surface area contributed by atoms with Gasteiger partial charge in [-0.25, -0.2) is 12.8 Å². The summed E-state index contributed by atoms with van der Waals surface area (Å²) in [5, 5.41) is 25.0. The third-order valence-corrected chi connectivity index (χ3v) is 7.91. The highest BCUT2D eigenvalue weighted by Crippen LogP contribution is 2.36. The van der Waals surface area contributed by atoms with Gasteiger partial charge in [-0.3, -0.25) is 14.5 Å². The summed E-state index contributed by atoms with van der Waals surface area (Å²) in [5.41, 5.74) is 4.10. The molecule has 11 nitrogen and oxygen atoms in total. The summed E-state index contributed by atoms with van der Waals surface area (Å²) in [6.07, 6.45) is 7.32. The first-order valence-electron chi connectivity index (χ1n) is 14.5. The highest BCUT2D eigenvalue weighted by atomic mass is 32.2. The summed E-state index contributed by atoms with van der Waals surface area (Å²) in [6, 6.07) is 17.7. The lowest BCUT2D eigenvalue weighted by Gasteiger charge is -2.16. The molecule has 236 valence electrons. The van der Waals surface area contributed by atoms with E-state index >= 15 is 0 Å². The summed E-state index contributed by atoms with van der Waals surface area (Å²) < 4.78 is 43.8. The predicted octanol–water partition coefficient (Wildman–Crippen LogP) is 4.91. The van der Waals surface area contributed by atoms with E-state index in [2.05, 4.69) is 32.1 Å². The summed E-state index contributed by atoms with van der Waals surface area (Å²) in [4.78, 5) is 17.2. The number of ether oxygens (including phenoxy) is 1. The Morgan fingerprint density at radius 1 is 1.15 bits per heavy atom. The third-order valence-electron chi connectivity index (χ3n) is 6.96. The van der Waals surface area contributed by atoms with Crippen molar-refractivity contribution in [3.05, 3.63) is 96.1 Å². The maximum Gasteiger partial charge on any atom is 0.248 e. The van der Waals surface area contributed by atoms with Gasteiger partial charge in [0.1, 0.15) is 27.5 Å². The van der Waals surface area contributed by atoms with E-state index in [0.29, 0.717) is 59.0 Å². The van der Waals surface area contributed by atoms with Gasteiger partial charge in [-0.15, -0.1) is 0 Å². The van der Waals surface area contributed by atoms with Gasteiger partial charge < -0.3 is 20.7 Å². The number of amides is 1. The van der Waals surface area contributed by atoms with Crippen molar-refractivity contribution in [1.82, 2.24) is 20.1 Å². The molecule has 1 amide bonds. The lowest BCUT2D eigenvalue weighted by molar-refractivity contribution is -0.111. The van der Waals surface area contributed by atoms with Crippen LogP contribution in [0.5, 0.6) is 5.75 Å². The van der Waals surface area contributed by atoms with E-state index in [-0.39, 0.29) is 18.1 Å². The van der Waals surface area contributed by atoms with Crippen LogP contribution in [0.2, 0.25) is 0 Å². The van der Waals surface area contributed by atoms with Gasteiger partial charge in [-0.05, 0) is 48.9 Å². The van der Waals surface area contributed by atoms with E-state index in [4.69, 9.17) is 4.74 Å². The van der Waals surface area contributed by atoms with E-state index in [1.807, 2.05) is 31.2 Å². The number of hydrogen-bond donors (Lipinski definition) is 3. The topological polar surface area (TPSA) is 151 Å². The molecule has 0 spiro atoms. The first-order valence-corrected chi connectivity index (χ1v) is 16.5. The average molecular weight is 642 g/mol. The second-order valence-electron chi connectivity index (χ2n) is 10.5. The van der Waals surface area contributed by atoms with Crippen molar-refractivity contribution in [1.29, 1.82) is 5.26 Å². The van der Waals surface area contributed by atoms with Crippen molar-refractivity contribution in [2.45, 2.75) is 13.5 Å². The molecule has 0 atom stereocenters. The van der Waals surface area contributed by atoms with Crippen LogP contribution in [0.25, 0.3) is 21.8 Å². The van der Waals surface area contributed by atoms with E-state index < -0.39 is 15.7 Å². The fourth-order valence-corrected chi connectivity index (χ4v) is 5.35. The number of carbonyl (C=O) groups excluding carboxylic acids is 1. The second-order valence-corrected chi connectivity index (χ2v) is 12.8. The van der Waals surface area contributed by atoms with E-state index in [1.165, 1.54) is 30.7 Å². The first-order chi connectivity index (χ1) is 22.1. The van der Waals surface area contributed by atoms with Gasteiger partial charge in [0.05, 0.1) is 53.1 Å². The van der Waals surface area contributed by atoms with Crippen LogP contribution < -0.4 is 20.7 Å². The lowest BCUT2D eigenvalue weighted by atomic mass is 10.1. The molecule has 0 saturated carbocycles. The Bertz CT molecular complexity index is 2090. The molecule has 0 saturated heterocycles. The fourth-order valence-electron chi connectivity index (χ4n) is 4.84. The monoisotopic (exact) mass is 641 g/mol. The minimum absolute atomic E-state index is 0.00495. The quantitative estimate of drug-likeness (QED) is 0.120. The summed E-state index contributed by atoms with van der Waals surface area (Å²) in [5.74, 6) is -0.296. The minimum Gasteiger partial charge on any atom is -0.492 e. The fraction of sp³-hybridized carbons (Fsp3) is 0.212. The van der Waals surface area contributed by atoms with Crippen molar-refractivity contribution in [2.24, 2.45) is 0 Å². The van der Waals surface area contributed by atoms with Crippen LogP contribution in [0.3, 0.4) is 0 Å².